The summed E-state index contributed by atoms with van der Waals surface area (Å²) < 4.78 is 10.6. The molecule has 2 atom stereocenters. The minimum absolute atomic E-state index is 0.164. The van der Waals surface area contributed by atoms with Crippen molar-refractivity contribution in [1.29, 1.82) is 0 Å². The van der Waals surface area contributed by atoms with Gasteiger partial charge in [0, 0.05) is 20.5 Å². The van der Waals surface area contributed by atoms with Gasteiger partial charge in [-0.1, -0.05) is 11.6 Å². The van der Waals surface area contributed by atoms with Gasteiger partial charge in [0.25, 0.3) is 5.91 Å². The highest BCUT2D eigenvalue weighted by Gasteiger charge is 2.46. The summed E-state index contributed by atoms with van der Waals surface area (Å²) in [5.74, 6) is -0.0470. The summed E-state index contributed by atoms with van der Waals surface area (Å²) in [6.07, 6.45) is 0.477. The number of nitrogens with zero attached hydrogens (tertiary/aromatic N) is 1. The molecule has 1 amide bonds. The summed E-state index contributed by atoms with van der Waals surface area (Å²) in [4.78, 5) is 24.8. The van der Waals surface area contributed by atoms with Gasteiger partial charge < -0.3 is 14.4 Å². The van der Waals surface area contributed by atoms with Crippen LogP contribution in [0.25, 0.3) is 0 Å². The summed E-state index contributed by atoms with van der Waals surface area (Å²) in [6.45, 7) is 2.14. The molecule has 0 aliphatic heterocycles. The highest BCUT2D eigenvalue weighted by Crippen LogP contribution is 2.36. The average molecular weight is 312 g/mol. The predicted octanol–water partition coefficient (Wildman–Crippen LogP) is 2.37. The third kappa shape index (κ3) is 3.67. The number of carbonyl (C=O) groups is 2. The molecule has 5 nitrogen and oxygen atoms in total. The Morgan fingerprint density at radius 3 is 2.67 bits per heavy atom. The lowest BCUT2D eigenvalue weighted by Crippen LogP contribution is -2.22. The highest BCUT2D eigenvalue weighted by molar-refractivity contribution is 6.34. The van der Waals surface area contributed by atoms with Crippen LogP contribution in [0.15, 0.2) is 18.2 Å². The van der Waals surface area contributed by atoms with E-state index in [0.717, 1.165) is 0 Å². The average Bonchev–Trinajstić information content (AvgIpc) is 3.17. The second-order valence-corrected chi connectivity index (χ2v) is 5.50. The van der Waals surface area contributed by atoms with Crippen molar-refractivity contribution < 1.29 is 19.1 Å². The Morgan fingerprint density at radius 2 is 2.10 bits per heavy atom. The molecular formula is C15H18ClNO4. The van der Waals surface area contributed by atoms with Gasteiger partial charge in [0.2, 0.25) is 0 Å². The monoisotopic (exact) mass is 311 g/mol. The quantitative estimate of drug-likeness (QED) is 0.783. The Bertz CT molecular complexity index is 559. The van der Waals surface area contributed by atoms with Gasteiger partial charge in [0.05, 0.1) is 23.1 Å². The number of hydrogen-bond acceptors (Lipinski definition) is 4. The number of ether oxygens (including phenoxy) is 2. The maximum Gasteiger partial charge on any atom is 0.312 e. The Balaban J connectivity index is 1.99. The fourth-order valence-electron chi connectivity index (χ4n) is 1.96. The third-order valence-electron chi connectivity index (χ3n) is 3.19. The van der Waals surface area contributed by atoms with Crippen LogP contribution in [-0.2, 0) is 9.53 Å². The number of carbonyl (C=O) groups excluding carboxylic acids is 2. The fourth-order valence-corrected chi connectivity index (χ4v) is 2.21. The van der Waals surface area contributed by atoms with E-state index in [4.69, 9.17) is 21.1 Å². The van der Waals surface area contributed by atoms with Crippen LogP contribution in [0.4, 0.5) is 0 Å². The lowest BCUT2D eigenvalue weighted by molar-refractivity contribution is -0.145. The maximum absolute atomic E-state index is 11.9. The molecule has 1 aromatic rings. The van der Waals surface area contributed by atoms with Gasteiger partial charge >= 0.3 is 5.97 Å². The van der Waals surface area contributed by atoms with Gasteiger partial charge in [-0.15, -0.1) is 0 Å². The van der Waals surface area contributed by atoms with Crippen molar-refractivity contribution in [2.75, 3.05) is 20.7 Å². The predicted molar refractivity (Wildman–Crippen MR) is 78.6 cm³/mol. The molecule has 0 saturated heterocycles. The molecule has 1 saturated carbocycles. The molecule has 1 aromatic carbocycles. The topological polar surface area (TPSA) is 55.8 Å². The van der Waals surface area contributed by atoms with Gasteiger partial charge in [0.15, 0.2) is 0 Å². The van der Waals surface area contributed by atoms with E-state index < -0.39 is 0 Å². The largest absolute Gasteiger partial charge is 0.489 e. The SMILES string of the molecule is CCOC(=O)[C@@H]1C[C@@H]1Oc1ccc(C(=O)N(C)C)c(Cl)c1. The van der Waals surface area contributed by atoms with E-state index in [9.17, 15) is 9.59 Å². The van der Waals surface area contributed by atoms with E-state index in [2.05, 4.69) is 0 Å². The van der Waals surface area contributed by atoms with Gasteiger partial charge in [-0.3, -0.25) is 9.59 Å². The first kappa shape index (κ1) is 15.6. The fraction of sp³-hybridized carbons (Fsp3) is 0.467. The van der Waals surface area contributed by atoms with Crippen molar-refractivity contribution in [3.8, 4) is 5.75 Å². The van der Waals surface area contributed by atoms with Crippen LogP contribution < -0.4 is 4.74 Å². The van der Waals surface area contributed by atoms with E-state index >= 15 is 0 Å². The minimum Gasteiger partial charge on any atom is -0.489 e. The molecule has 1 fully saturated rings. The molecule has 6 heteroatoms. The summed E-state index contributed by atoms with van der Waals surface area (Å²) in [6, 6.07) is 4.91. The van der Waals surface area contributed by atoms with Crippen molar-refractivity contribution in [3.05, 3.63) is 28.8 Å². The summed E-state index contributed by atoms with van der Waals surface area (Å²) in [5, 5.41) is 0.333. The number of hydrogen-bond donors (Lipinski definition) is 0. The molecule has 114 valence electrons. The molecule has 0 spiro atoms. The van der Waals surface area contributed by atoms with Crippen LogP contribution in [-0.4, -0.2) is 43.6 Å². The molecule has 0 bridgehead atoms. The van der Waals surface area contributed by atoms with Crippen molar-refractivity contribution >= 4 is 23.5 Å². The number of esters is 1. The van der Waals surface area contributed by atoms with E-state index in [1.54, 1.807) is 39.2 Å². The highest BCUT2D eigenvalue weighted by atomic mass is 35.5. The van der Waals surface area contributed by atoms with E-state index in [1.807, 2.05) is 0 Å². The second kappa shape index (κ2) is 6.35. The van der Waals surface area contributed by atoms with Crippen LogP contribution >= 0.6 is 11.6 Å². The van der Waals surface area contributed by atoms with E-state index in [1.165, 1.54) is 4.90 Å². The van der Waals surface area contributed by atoms with Gasteiger partial charge in [0.1, 0.15) is 11.9 Å². The van der Waals surface area contributed by atoms with Crippen LogP contribution in [0.1, 0.15) is 23.7 Å². The normalized spacial score (nSPS) is 19.8. The van der Waals surface area contributed by atoms with Crippen LogP contribution in [0.2, 0.25) is 5.02 Å². The minimum atomic E-state index is -0.229. The zero-order valence-corrected chi connectivity index (χ0v) is 13.0. The van der Waals surface area contributed by atoms with Crippen LogP contribution in [0, 0.1) is 5.92 Å². The Labute approximate surface area is 128 Å². The number of halogens is 1. The lowest BCUT2D eigenvalue weighted by Gasteiger charge is -2.13. The second-order valence-electron chi connectivity index (χ2n) is 5.09. The zero-order chi connectivity index (χ0) is 15.6. The maximum atomic E-state index is 11.9. The van der Waals surface area contributed by atoms with Gasteiger partial charge in [-0.25, -0.2) is 0 Å². The molecule has 1 aliphatic carbocycles. The molecule has 1 aliphatic rings. The summed E-state index contributed by atoms with van der Waals surface area (Å²) in [7, 11) is 3.33. The smallest absolute Gasteiger partial charge is 0.312 e. The first-order valence-electron chi connectivity index (χ1n) is 6.78. The van der Waals surface area contributed by atoms with Crippen LogP contribution in [0.3, 0.4) is 0 Å². The Kier molecular flexibility index (Phi) is 4.73. The molecule has 21 heavy (non-hydrogen) atoms. The molecule has 0 N–H and O–H groups in total. The van der Waals surface area contributed by atoms with Crippen molar-refractivity contribution in [2.45, 2.75) is 19.4 Å². The molecule has 0 aromatic heterocycles. The Hall–Kier alpha value is -1.75. The van der Waals surface area contributed by atoms with Gasteiger partial charge in [-0.2, -0.15) is 0 Å². The molecular weight excluding hydrogens is 294 g/mol. The first-order chi connectivity index (χ1) is 9.93. The third-order valence-corrected chi connectivity index (χ3v) is 3.50. The molecule has 2 rings (SSSR count). The first-order valence-corrected chi connectivity index (χ1v) is 7.16. The van der Waals surface area contributed by atoms with Crippen molar-refractivity contribution in [2.24, 2.45) is 5.92 Å². The van der Waals surface area contributed by atoms with E-state index in [0.29, 0.717) is 29.4 Å². The standard InChI is InChI=1S/C15H18ClNO4/c1-4-20-15(19)11-8-13(11)21-9-5-6-10(12(16)7-9)14(18)17(2)3/h5-7,11,13H,4,8H2,1-3H3/t11-,13+/m1/s1. The van der Waals surface area contributed by atoms with E-state index in [-0.39, 0.29) is 23.9 Å². The Morgan fingerprint density at radius 1 is 1.38 bits per heavy atom. The van der Waals surface area contributed by atoms with Crippen molar-refractivity contribution in [1.82, 2.24) is 4.90 Å². The number of amides is 1. The summed E-state index contributed by atoms with van der Waals surface area (Å²) >= 11 is 6.10. The van der Waals surface area contributed by atoms with Crippen LogP contribution in [0.5, 0.6) is 5.75 Å². The summed E-state index contributed by atoms with van der Waals surface area (Å²) in [5.41, 5.74) is 0.423. The number of rotatable bonds is 5. The molecule has 0 heterocycles. The molecule has 0 unspecified atom stereocenters. The number of benzene rings is 1. The van der Waals surface area contributed by atoms with Crippen molar-refractivity contribution in [3.63, 3.8) is 0 Å². The molecule has 0 radical (unpaired) electrons. The lowest BCUT2D eigenvalue weighted by atomic mass is 10.2. The zero-order valence-electron chi connectivity index (χ0n) is 12.3. The van der Waals surface area contributed by atoms with Gasteiger partial charge in [-0.05, 0) is 25.1 Å².